The van der Waals surface area contributed by atoms with Gasteiger partial charge in [0.1, 0.15) is 17.0 Å². The fourth-order valence-electron chi connectivity index (χ4n) is 2.40. The Labute approximate surface area is 150 Å². The minimum absolute atomic E-state index is 0.0422. The van der Waals surface area contributed by atoms with Crippen molar-refractivity contribution in [2.45, 2.75) is 26.3 Å². The van der Waals surface area contributed by atoms with E-state index in [4.69, 9.17) is 4.74 Å². The van der Waals surface area contributed by atoms with Crippen molar-refractivity contribution in [2.24, 2.45) is 0 Å². The second kappa shape index (κ2) is 9.19. The van der Waals surface area contributed by atoms with Crippen molar-refractivity contribution in [1.82, 2.24) is 15.3 Å². The average molecular weight is 369 g/mol. The first-order chi connectivity index (χ1) is 11.6. The number of aromatic nitrogens is 2. The Hall–Kier alpha value is -1.38. The molecule has 6 nitrogen and oxygen atoms in total. The van der Waals surface area contributed by atoms with Crippen LogP contribution >= 0.6 is 23.1 Å². The van der Waals surface area contributed by atoms with Gasteiger partial charge in [-0.3, -0.25) is 4.79 Å². The molecule has 0 aliphatic carbocycles. The highest BCUT2D eigenvalue weighted by molar-refractivity contribution is 7.98. The number of nitrogens with one attached hydrogen (secondary N) is 2. The Morgan fingerprint density at radius 3 is 2.92 bits per heavy atom. The molecule has 2 rings (SSSR count). The van der Waals surface area contributed by atoms with Gasteiger partial charge in [-0.1, -0.05) is 6.92 Å². The second-order valence-corrected chi connectivity index (χ2v) is 7.40. The Bertz CT molecular complexity index is 690. The van der Waals surface area contributed by atoms with Gasteiger partial charge in [0.25, 0.3) is 5.91 Å². The molecule has 0 aromatic carbocycles. The van der Waals surface area contributed by atoms with Crippen molar-refractivity contribution in [3.05, 3.63) is 16.8 Å². The molecule has 0 fully saturated rings. The molecule has 1 unspecified atom stereocenters. The molecular weight excluding hydrogens is 344 g/mol. The van der Waals surface area contributed by atoms with Crippen LogP contribution in [0, 0.1) is 6.92 Å². The molecule has 0 saturated heterocycles. The van der Waals surface area contributed by atoms with Gasteiger partial charge in [0, 0.05) is 19.4 Å². The summed E-state index contributed by atoms with van der Waals surface area (Å²) in [6.07, 6.45) is 4.48. The van der Waals surface area contributed by atoms with Gasteiger partial charge < -0.3 is 15.4 Å². The largest absolute Gasteiger partial charge is 0.383 e. The van der Waals surface area contributed by atoms with Crippen LogP contribution in [0.15, 0.2) is 6.33 Å². The minimum atomic E-state index is -0.0422. The van der Waals surface area contributed by atoms with Gasteiger partial charge in [-0.2, -0.15) is 11.8 Å². The van der Waals surface area contributed by atoms with Crippen LogP contribution < -0.4 is 10.6 Å². The lowest BCUT2D eigenvalue weighted by atomic mass is 10.1. The number of aryl methyl sites for hydroxylation is 1. The highest BCUT2D eigenvalue weighted by Gasteiger charge is 2.20. The van der Waals surface area contributed by atoms with Gasteiger partial charge in [0.15, 0.2) is 0 Å². The van der Waals surface area contributed by atoms with E-state index in [1.54, 1.807) is 18.9 Å². The maximum atomic E-state index is 12.4. The summed E-state index contributed by atoms with van der Waals surface area (Å²) >= 11 is 3.12. The molecule has 0 spiro atoms. The Morgan fingerprint density at radius 1 is 1.46 bits per heavy atom. The summed E-state index contributed by atoms with van der Waals surface area (Å²) in [5.41, 5.74) is 0.923. The van der Waals surface area contributed by atoms with E-state index in [2.05, 4.69) is 27.5 Å². The molecule has 1 atom stereocenters. The predicted octanol–water partition coefficient (Wildman–Crippen LogP) is 2.93. The van der Waals surface area contributed by atoms with Gasteiger partial charge in [-0.25, -0.2) is 9.97 Å². The van der Waals surface area contributed by atoms with Gasteiger partial charge >= 0.3 is 0 Å². The monoisotopic (exact) mass is 368 g/mol. The number of carbonyl (C=O) groups is 1. The van der Waals surface area contributed by atoms with Crippen molar-refractivity contribution in [1.29, 1.82) is 0 Å². The third kappa shape index (κ3) is 4.37. The van der Waals surface area contributed by atoms with Crippen LogP contribution in [0.4, 0.5) is 5.82 Å². The number of fused-ring (bicyclic) bond motifs is 1. The minimum Gasteiger partial charge on any atom is -0.383 e. The molecule has 24 heavy (non-hydrogen) atoms. The van der Waals surface area contributed by atoms with E-state index in [0.29, 0.717) is 18.0 Å². The topological polar surface area (TPSA) is 76.1 Å². The summed E-state index contributed by atoms with van der Waals surface area (Å²) in [7, 11) is 1.69. The van der Waals surface area contributed by atoms with E-state index in [1.165, 1.54) is 17.7 Å². The zero-order chi connectivity index (χ0) is 17.5. The van der Waals surface area contributed by atoms with Crippen LogP contribution in [0.5, 0.6) is 0 Å². The van der Waals surface area contributed by atoms with Crippen molar-refractivity contribution >= 4 is 45.0 Å². The van der Waals surface area contributed by atoms with E-state index in [-0.39, 0.29) is 11.9 Å². The molecule has 8 heteroatoms. The molecule has 0 aliphatic rings. The summed E-state index contributed by atoms with van der Waals surface area (Å²) < 4.78 is 5.24. The van der Waals surface area contributed by atoms with Crippen LogP contribution in [0.2, 0.25) is 0 Å². The molecule has 132 valence electrons. The first-order valence-corrected chi connectivity index (χ1v) is 10.1. The van der Waals surface area contributed by atoms with Gasteiger partial charge in [-0.15, -0.1) is 11.3 Å². The Morgan fingerprint density at radius 2 is 2.25 bits per heavy atom. The summed E-state index contributed by atoms with van der Waals surface area (Å²) in [5, 5.41) is 7.29. The molecule has 0 aliphatic heterocycles. The second-order valence-electron chi connectivity index (χ2n) is 5.41. The number of rotatable bonds is 9. The van der Waals surface area contributed by atoms with Crippen molar-refractivity contribution in [2.75, 3.05) is 37.6 Å². The number of hydrogen-bond donors (Lipinski definition) is 2. The van der Waals surface area contributed by atoms with E-state index < -0.39 is 0 Å². The van der Waals surface area contributed by atoms with Crippen LogP contribution in [-0.4, -0.2) is 54.2 Å². The van der Waals surface area contributed by atoms with Crippen LogP contribution in [0.1, 0.15) is 28.6 Å². The fraction of sp³-hybridized carbons (Fsp3) is 0.562. The van der Waals surface area contributed by atoms with Crippen LogP contribution in [0.25, 0.3) is 10.2 Å². The lowest BCUT2D eigenvalue weighted by Crippen LogP contribution is -2.25. The number of anilines is 1. The fourth-order valence-corrected chi connectivity index (χ4v) is 3.77. The van der Waals surface area contributed by atoms with Crippen molar-refractivity contribution in [3.63, 3.8) is 0 Å². The van der Waals surface area contributed by atoms with Crippen molar-refractivity contribution in [3.8, 4) is 0 Å². The zero-order valence-corrected chi connectivity index (χ0v) is 16.1. The number of ether oxygens (including phenoxy) is 1. The zero-order valence-electron chi connectivity index (χ0n) is 14.5. The molecule has 0 radical (unpaired) electrons. The first-order valence-electron chi connectivity index (χ1n) is 7.89. The third-order valence-corrected chi connectivity index (χ3v) is 5.54. The number of nitrogens with zero attached hydrogens (tertiary/aromatic N) is 2. The average Bonchev–Trinajstić information content (AvgIpc) is 2.92. The lowest BCUT2D eigenvalue weighted by molar-refractivity contribution is 0.0960. The maximum Gasteiger partial charge on any atom is 0.261 e. The SMILES string of the molecule is CCC(COC)Nc1ncnc2sc(C(=O)NCCSC)c(C)c12. The lowest BCUT2D eigenvalue weighted by Gasteiger charge is -2.17. The number of amides is 1. The molecule has 2 heterocycles. The summed E-state index contributed by atoms with van der Waals surface area (Å²) in [4.78, 5) is 22.6. The number of hydrogen-bond acceptors (Lipinski definition) is 7. The predicted molar refractivity (Wildman–Crippen MR) is 102 cm³/mol. The molecule has 0 bridgehead atoms. The highest BCUT2D eigenvalue weighted by Crippen LogP contribution is 2.33. The van der Waals surface area contributed by atoms with Gasteiger partial charge in [-0.05, 0) is 25.2 Å². The molecule has 2 aromatic heterocycles. The molecule has 1 amide bonds. The first kappa shape index (κ1) is 19.0. The standard InChI is InChI=1S/C16H24N4O2S2/c1-5-11(8-22-3)20-14-12-10(2)13(15(21)17-6-7-23-4)24-16(12)19-9-18-14/h9,11H,5-8H2,1-4H3,(H,17,21)(H,18,19,20). The normalized spacial score (nSPS) is 12.3. The summed E-state index contributed by atoms with van der Waals surface area (Å²) in [6.45, 7) is 5.32. The third-order valence-electron chi connectivity index (χ3n) is 3.73. The number of thioether (sulfide) groups is 1. The van der Waals surface area contributed by atoms with E-state index in [1.807, 2.05) is 13.2 Å². The molecule has 2 N–H and O–H groups in total. The number of carbonyl (C=O) groups excluding carboxylic acids is 1. The van der Waals surface area contributed by atoms with Gasteiger partial charge in [0.2, 0.25) is 0 Å². The summed E-state index contributed by atoms with van der Waals surface area (Å²) in [5.74, 6) is 1.62. The smallest absolute Gasteiger partial charge is 0.261 e. The Kier molecular flexibility index (Phi) is 7.26. The van der Waals surface area contributed by atoms with Gasteiger partial charge in [0.05, 0.1) is 22.9 Å². The van der Waals surface area contributed by atoms with E-state index >= 15 is 0 Å². The van der Waals surface area contributed by atoms with Crippen molar-refractivity contribution < 1.29 is 9.53 Å². The van der Waals surface area contributed by atoms with E-state index in [9.17, 15) is 4.79 Å². The quantitative estimate of drug-likeness (QED) is 0.663. The van der Waals surface area contributed by atoms with E-state index in [0.717, 1.165) is 33.8 Å². The van der Waals surface area contributed by atoms with Crippen LogP contribution in [-0.2, 0) is 4.74 Å². The molecular formula is C16H24N4O2S2. The molecule has 0 saturated carbocycles. The highest BCUT2D eigenvalue weighted by atomic mass is 32.2. The number of methoxy groups -OCH3 is 1. The number of thiophene rings is 1. The maximum absolute atomic E-state index is 12.4. The Balaban J connectivity index is 2.30. The molecule has 2 aromatic rings. The summed E-state index contributed by atoms with van der Waals surface area (Å²) in [6, 6.07) is 0.172. The van der Waals surface area contributed by atoms with Crippen LogP contribution in [0.3, 0.4) is 0 Å².